The van der Waals surface area contributed by atoms with E-state index in [2.05, 4.69) is 15.2 Å². The minimum atomic E-state index is -0.731. The van der Waals surface area contributed by atoms with E-state index in [1.54, 1.807) is 0 Å². The fourth-order valence-electron chi connectivity index (χ4n) is 3.27. The van der Waals surface area contributed by atoms with Crippen LogP contribution in [-0.4, -0.2) is 35.3 Å². The van der Waals surface area contributed by atoms with E-state index in [1.807, 2.05) is 20.0 Å². The molecule has 0 bridgehead atoms. The van der Waals surface area contributed by atoms with Crippen molar-refractivity contribution < 1.29 is 9.59 Å². The van der Waals surface area contributed by atoms with E-state index in [9.17, 15) is 9.59 Å². The van der Waals surface area contributed by atoms with E-state index in [4.69, 9.17) is 11.6 Å². The number of halogens is 1. The van der Waals surface area contributed by atoms with Crippen LogP contribution in [-0.2, 0) is 21.5 Å². The third-order valence-corrected chi connectivity index (χ3v) is 4.89. The van der Waals surface area contributed by atoms with Gasteiger partial charge in [-0.15, -0.1) is 0 Å². The van der Waals surface area contributed by atoms with E-state index < -0.39 is 5.41 Å². The standard InChI is InChI=1S/C15H18ClN3O2/c1-9-7-10-8-19(2)6-5-15(12(10)18-13(9)16)4-3-11(20)17-14(15)21/h7H,3-6,8H2,1-2H3,(H,17,20,21)/t15-/m1/s1. The Bertz CT molecular complexity index is 632. The van der Waals surface area contributed by atoms with Crippen molar-refractivity contribution >= 4 is 23.4 Å². The molecule has 0 unspecified atom stereocenters. The predicted molar refractivity (Wildman–Crippen MR) is 79.0 cm³/mol. The zero-order valence-corrected chi connectivity index (χ0v) is 13.0. The number of nitrogens with zero attached hydrogens (tertiary/aromatic N) is 2. The second-order valence-corrected chi connectivity index (χ2v) is 6.41. The smallest absolute Gasteiger partial charge is 0.238 e. The highest BCUT2D eigenvalue weighted by atomic mass is 35.5. The monoisotopic (exact) mass is 307 g/mol. The van der Waals surface area contributed by atoms with E-state index in [0.717, 1.165) is 29.9 Å². The lowest BCUT2D eigenvalue weighted by atomic mass is 9.73. The summed E-state index contributed by atoms with van der Waals surface area (Å²) in [6.45, 7) is 3.44. The molecule has 3 rings (SSSR count). The molecule has 6 heteroatoms. The predicted octanol–water partition coefficient (Wildman–Crippen LogP) is 1.55. The molecule has 0 radical (unpaired) electrons. The average Bonchev–Trinajstić information content (AvgIpc) is 2.54. The van der Waals surface area contributed by atoms with Crippen molar-refractivity contribution in [3.8, 4) is 0 Å². The zero-order chi connectivity index (χ0) is 15.2. The number of pyridine rings is 1. The van der Waals surface area contributed by atoms with E-state index in [1.165, 1.54) is 0 Å². The Morgan fingerprint density at radius 2 is 2.14 bits per heavy atom. The highest BCUT2D eigenvalue weighted by molar-refractivity contribution is 6.30. The number of aromatic nitrogens is 1. The Labute approximate surface area is 128 Å². The molecule has 112 valence electrons. The van der Waals surface area contributed by atoms with Gasteiger partial charge in [-0.3, -0.25) is 14.9 Å². The van der Waals surface area contributed by atoms with Crippen LogP contribution in [0.5, 0.6) is 0 Å². The maximum Gasteiger partial charge on any atom is 0.238 e. The summed E-state index contributed by atoms with van der Waals surface area (Å²) in [5.74, 6) is -0.439. The Morgan fingerprint density at radius 3 is 2.86 bits per heavy atom. The highest BCUT2D eigenvalue weighted by Gasteiger charge is 2.47. The molecule has 1 atom stereocenters. The van der Waals surface area contributed by atoms with Crippen LogP contribution in [0, 0.1) is 6.92 Å². The fraction of sp³-hybridized carbons (Fsp3) is 0.533. The number of aryl methyl sites for hydroxylation is 1. The minimum Gasteiger partial charge on any atom is -0.302 e. The molecule has 3 heterocycles. The van der Waals surface area contributed by atoms with Crippen LogP contribution >= 0.6 is 11.6 Å². The molecule has 2 aliphatic heterocycles. The first-order valence-electron chi connectivity index (χ1n) is 7.12. The van der Waals surface area contributed by atoms with Gasteiger partial charge in [0.2, 0.25) is 11.8 Å². The van der Waals surface area contributed by atoms with Gasteiger partial charge in [0.05, 0.1) is 11.1 Å². The van der Waals surface area contributed by atoms with Crippen LogP contribution in [0.25, 0.3) is 0 Å². The Hall–Kier alpha value is -1.46. The maximum absolute atomic E-state index is 12.6. The number of hydrogen-bond donors (Lipinski definition) is 1. The third-order valence-electron chi connectivity index (χ3n) is 4.51. The van der Waals surface area contributed by atoms with Crippen molar-refractivity contribution in [3.05, 3.63) is 28.0 Å². The molecular formula is C15H18ClN3O2. The average molecular weight is 308 g/mol. The van der Waals surface area contributed by atoms with Crippen LogP contribution < -0.4 is 5.32 Å². The summed E-state index contributed by atoms with van der Waals surface area (Å²) in [5, 5.41) is 2.91. The summed E-state index contributed by atoms with van der Waals surface area (Å²) >= 11 is 6.19. The molecule has 5 nitrogen and oxygen atoms in total. The molecule has 1 fully saturated rings. The number of rotatable bonds is 0. The summed E-state index contributed by atoms with van der Waals surface area (Å²) in [4.78, 5) is 30.8. The van der Waals surface area contributed by atoms with Gasteiger partial charge in [-0.05, 0) is 50.6 Å². The third kappa shape index (κ3) is 2.34. The van der Waals surface area contributed by atoms with Crippen LogP contribution in [0.2, 0.25) is 5.15 Å². The number of amides is 2. The molecular weight excluding hydrogens is 290 g/mol. The number of carbonyl (C=O) groups is 2. The van der Waals surface area contributed by atoms with Crippen LogP contribution in [0.4, 0.5) is 0 Å². The molecule has 0 aliphatic carbocycles. The van der Waals surface area contributed by atoms with Crippen LogP contribution in [0.1, 0.15) is 36.1 Å². The molecule has 1 aromatic rings. The number of nitrogens with one attached hydrogen (secondary N) is 1. The van der Waals surface area contributed by atoms with Gasteiger partial charge in [-0.2, -0.15) is 0 Å². The SMILES string of the molecule is Cc1cc2c(nc1Cl)[C@@]1(CCC(=O)NC1=O)CCN(C)C2. The molecule has 1 spiro atoms. The lowest BCUT2D eigenvalue weighted by Gasteiger charge is -2.35. The van der Waals surface area contributed by atoms with Crippen molar-refractivity contribution in [1.29, 1.82) is 0 Å². The summed E-state index contributed by atoms with van der Waals surface area (Å²) < 4.78 is 0. The maximum atomic E-state index is 12.6. The molecule has 0 aromatic carbocycles. The number of imide groups is 1. The molecule has 21 heavy (non-hydrogen) atoms. The van der Waals surface area contributed by atoms with Gasteiger partial charge >= 0.3 is 0 Å². The van der Waals surface area contributed by atoms with Gasteiger partial charge in [0.25, 0.3) is 0 Å². The van der Waals surface area contributed by atoms with Crippen molar-refractivity contribution in [2.75, 3.05) is 13.6 Å². The molecule has 2 amide bonds. The van der Waals surface area contributed by atoms with Gasteiger partial charge in [-0.25, -0.2) is 4.98 Å². The fourth-order valence-corrected chi connectivity index (χ4v) is 3.41. The Kier molecular flexibility index (Phi) is 3.50. The van der Waals surface area contributed by atoms with Crippen LogP contribution in [0.3, 0.4) is 0 Å². The molecule has 2 aliphatic rings. The lowest BCUT2D eigenvalue weighted by Crippen LogP contribution is -2.52. The van der Waals surface area contributed by atoms with Crippen molar-refractivity contribution in [2.24, 2.45) is 0 Å². The van der Waals surface area contributed by atoms with Crippen LogP contribution in [0.15, 0.2) is 6.07 Å². The van der Waals surface area contributed by atoms with Gasteiger partial charge in [0.15, 0.2) is 0 Å². The normalized spacial score (nSPS) is 26.4. The molecule has 0 saturated carbocycles. The largest absolute Gasteiger partial charge is 0.302 e. The topological polar surface area (TPSA) is 62.3 Å². The van der Waals surface area contributed by atoms with Crippen molar-refractivity contribution in [3.63, 3.8) is 0 Å². The number of piperidine rings is 1. The lowest BCUT2D eigenvalue weighted by molar-refractivity contribution is -0.138. The Morgan fingerprint density at radius 1 is 1.38 bits per heavy atom. The van der Waals surface area contributed by atoms with Gasteiger partial charge in [-0.1, -0.05) is 11.6 Å². The van der Waals surface area contributed by atoms with Gasteiger partial charge in [0, 0.05) is 13.0 Å². The Balaban J connectivity index is 2.17. The van der Waals surface area contributed by atoms with Gasteiger partial charge in [0.1, 0.15) is 5.15 Å². The van der Waals surface area contributed by atoms with Crippen molar-refractivity contribution in [1.82, 2.24) is 15.2 Å². The zero-order valence-electron chi connectivity index (χ0n) is 12.2. The first-order chi connectivity index (χ1) is 9.92. The van der Waals surface area contributed by atoms with E-state index >= 15 is 0 Å². The van der Waals surface area contributed by atoms with Crippen molar-refractivity contribution in [2.45, 2.75) is 38.1 Å². The van der Waals surface area contributed by atoms with E-state index in [-0.39, 0.29) is 11.8 Å². The second-order valence-electron chi connectivity index (χ2n) is 6.05. The van der Waals surface area contributed by atoms with Gasteiger partial charge < -0.3 is 4.90 Å². The number of fused-ring (bicyclic) bond motifs is 2. The summed E-state index contributed by atoms with van der Waals surface area (Å²) in [5.41, 5.74) is 1.95. The molecule has 1 aromatic heterocycles. The van der Waals surface area contributed by atoms with E-state index in [0.29, 0.717) is 24.4 Å². The second kappa shape index (κ2) is 5.07. The summed E-state index contributed by atoms with van der Waals surface area (Å²) in [6, 6.07) is 2.01. The molecule has 1 saturated heterocycles. The molecule has 1 N–H and O–H groups in total. The first-order valence-corrected chi connectivity index (χ1v) is 7.49. The highest BCUT2D eigenvalue weighted by Crippen LogP contribution is 2.40. The first kappa shape index (κ1) is 14.5. The number of carbonyl (C=O) groups excluding carboxylic acids is 2. The number of hydrogen-bond acceptors (Lipinski definition) is 4. The summed E-state index contributed by atoms with van der Waals surface area (Å²) in [6.07, 6.45) is 1.51. The minimum absolute atomic E-state index is 0.206. The summed E-state index contributed by atoms with van der Waals surface area (Å²) in [7, 11) is 2.03. The quantitative estimate of drug-likeness (QED) is 0.583.